The Kier molecular flexibility index (Phi) is 6.34. The molecule has 6 nitrogen and oxygen atoms in total. The van der Waals surface area contributed by atoms with Crippen LogP contribution in [0, 0.1) is 13.8 Å². The average molecular weight is 438 g/mol. The Bertz CT molecular complexity index is 1020. The Balaban J connectivity index is 1.57. The molecule has 162 valence electrons. The van der Waals surface area contributed by atoms with Crippen molar-refractivity contribution in [1.82, 2.24) is 4.90 Å². The molecule has 0 saturated carbocycles. The first kappa shape index (κ1) is 21.5. The van der Waals surface area contributed by atoms with E-state index in [0.29, 0.717) is 22.4 Å². The van der Waals surface area contributed by atoms with Gasteiger partial charge in [-0.1, -0.05) is 0 Å². The maximum atomic E-state index is 12.9. The summed E-state index contributed by atoms with van der Waals surface area (Å²) in [6.07, 6.45) is 1.87. The summed E-state index contributed by atoms with van der Waals surface area (Å²) in [4.78, 5) is 22.3. The predicted molar refractivity (Wildman–Crippen MR) is 127 cm³/mol. The SMILES string of the molecule is CCN1C(=O)C(=Cc2cc(C)c(O)c(C)c2)SC1=Nc1ccc(N2CCOCC2)cc1. The number of thioether (sulfide) groups is 1. The Hall–Kier alpha value is -2.77. The average Bonchev–Trinajstić information content (AvgIpc) is 3.07. The van der Waals surface area contributed by atoms with Crippen molar-refractivity contribution < 1.29 is 14.6 Å². The maximum Gasteiger partial charge on any atom is 0.266 e. The molecule has 0 unspecified atom stereocenters. The number of aromatic hydroxyl groups is 1. The largest absolute Gasteiger partial charge is 0.507 e. The van der Waals surface area contributed by atoms with E-state index in [4.69, 9.17) is 9.73 Å². The van der Waals surface area contributed by atoms with Crippen molar-refractivity contribution in [3.8, 4) is 5.75 Å². The van der Waals surface area contributed by atoms with Crippen molar-refractivity contribution in [2.75, 3.05) is 37.7 Å². The van der Waals surface area contributed by atoms with Crippen LogP contribution in [-0.2, 0) is 9.53 Å². The Morgan fingerprint density at radius 3 is 2.39 bits per heavy atom. The standard InChI is InChI=1S/C24H27N3O3S/c1-4-27-23(29)21(15-18-13-16(2)22(28)17(3)14-18)31-24(27)25-19-5-7-20(8-6-19)26-9-11-30-12-10-26/h5-8,13-15,28H,4,9-12H2,1-3H3. The number of aliphatic imine (C=N–C) groups is 1. The number of hydrogen-bond acceptors (Lipinski definition) is 6. The number of hydrogen-bond donors (Lipinski definition) is 1. The summed E-state index contributed by atoms with van der Waals surface area (Å²) in [6.45, 7) is 9.53. The van der Waals surface area contributed by atoms with Crippen molar-refractivity contribution in [2.45, 2.75) is 20.8 Å². The van der Waals surface area contributed by atoms with Crippen molar-refractivity contribution in [3.63, 3.8) is 0 Å². The summed E-state index contributed by atoms with van der Waals surface area (Å²) in [5.41, 5.74) is 4.47. The van der Waals surface area contributed by atoms with Gasteiger partial charge in [0.15, 0.2) is 5.17 Å². The van der Waals surface area contributed by atoms with Crippen LogP contribution in [-0.4, -0.2) is 53.9 Å². The van der Waals surface area contributed by atoms with Crippen LogP contribution < -0.4 is 4.90 Å². The van der Waals surface area contributed by atoms with Gasteiger partial charge in [-0.05, 0) is 91.7 Å². The zero-order valence-corrected chi connectivity index (χ0v) is 18.9. The number of morpholine rings is 1. The van der Waals surface area contributed by atoms with Gasteiger partial charge in [0, 0.05) is 25.3 Å². The van der Waals surface area contributed by atoms with Gasteiger partial charge in [-0.15, -0.1) is 0 Å². The number of aryl methyl sites for hydroxylation is 2. The number of amidine groups is 1. The molecule has 4 rings (SSSR count). The molecule has 1 N–H and O–H groups in total. The molecule has 2 heterocycles. The highest BCUT2D eigenvalue weighted by Gasteiger charge is 2.32. The number of amides is 1. The number of carbonyl (C=O) groups is 1. The summed E-state index contributed by atoms with van der Waals surface area (Å²) >= 11 is 1.39. The van der Waals surface area contributed by atoms with Crippen molar-refractivity contribution in [3.05, 3.63) is 58.0 Å². The van der Waals surface area contributed by atoms with Gasteiger partial charge in [-0.3, -0.25) is 9.69 Å². The van der Waals surface area contributed by atoms with Crippen LogP contribution in [0.4, 0.5) is 11.4 Å². The lowest BCUT2D eigenvalue weighted by molar-refractivity contribution is -0.122. The normalized spacial score (nSPS) is 19.6. The number of anilines is 1. The van der Waals surface area contributed by atoms with E-state index in [-0.39, 0.29) is 5.91 Å². The van der Waals surface area contributed by atoms with Crippen LogP contribution in [0.2, 0.25) is 0 Å². The molecule has 0 aromatic heterocycles. The smallest absolute Gasteiger partial charge is 0.266 e. The number of benzene rings is 2. The predicted octanol–water partition coefficient (Wildman–Crippen LogP) is 4.47. The molecule has 0 spiro atoms. The van der Waals surface area contributed by atoms with Crippen LogP contribution in [0.25, 0.3) is 6.08 Å². The molecule has 2 aliphatic rings. The van der Waals surface area contributed by atoms with Crippen molar-refractivity contribution in [2.24, 2.45) is 4.99 Å². The topological polar surface area (TPSA) is 65.4 Å². The van der Waals surface area contributed by atoms with Crippen LogP contribution in [0.3, 0.4) is 0 Å². The van der Waals surface area contributed by atoms with Crippen LogP contribution in [0.1, 0.15) is 23.6 Å². The van der Waals surface area contributed by atoms with E-state index < -0.39 is 0 Å². The van der Waals surface area contributed by atoms with E-state index in [1.165, 1.54) is 11.8 Å². The lowest BCUT2D eigenvalue weighted by Crippen LogP contribution is -2.36. The quantitative estimate of drug-likeness (QED) is 0.715. The number of rotatable bonds is 4. The van der Waals surface area contributed by atoms with E-state index in [2.05, 4.69) is 17.0 Å². The summed E-state index contributed by atoms with van der Waals surface area (Å²) in [7, 11) is 0. The van der Waals surface area contributed by atoms with Gasteiger partial charge in [0.25, 0.3) is 5.91 Å². The van der Waals surface area contributed by atoms with E-state index in [9.17, 15) is 9.90 Å². The minimum Gasteiger partial charge on any atom is -0.507 e. The molecule has 2 saturated heterocycles. The molecule has 2 fully saturated rings. The van der Waals surface area contributed by atoms with Crippen molar-refractivity contribution >= 4 is 40.3 Å². The maximum absolute atomic E-state index is 12.9. The lowest BCUT2D eigenvalue weighted by Gasteiger charge is -2.28. The monoisotopic (exact) mass is 437 g/mol. The third-order valence-electron chi connectivity index (χ3n) is 5.47. The van der Waals surface area contributed by atoms with E-state index >= 15 is 0 Å². The van der Waals surface area contributed by atoms with Crippen LogP contribution >= 0.6 is 11.8 Å². The second-order valence-corrected chi connectivity index (χ2v) is 8.68. The molecule has 2 aromatic rings. The summed E-state index contributed by atoms with van der Waals surface area (Å²) in [5.74, 6) is 0.255. The highest BCUT2D eigenvalue weighted by Crippen LogP contribution is 2.35. The molecular formula is C24H27N3O3S. The fraction of sp³-hybridized carbons (Fsp3) is 0.333. The summed E-state index contributed by atoms with van der Waals surface area (Å²) in [6, 6.07) is 11.9. The molecule has 0 radical (unpaired) electrons. The molecule has 0 atom stereocenters. The molecule has 0 bridgehead atoms. The summed E-state index contributed by atoms with van der Waals surface area (Å²) < 4.78 is 5.42. The van der Waals surface area contributed by atoms with Gasteiger partial charge in [0.05, 0.1) is 23.8 Å². The second-order valence-electron chi connectivity index (χ2n) is 7.67. The lowest BCUT2D eigenvalue weighted by atomic mass is 10.1. The second kappa shape index (κ2) is 9.16. The van der Waals surface area contributed by atoms with Crippen LogP contribution in [0.15, 0.2) is 46.3 Å². The third kappa shape index (κ3) is 4.62. The Morgan fingerprint density at radius 1 is 1.13 bits per heavy atom. The molecule has 2 aliphatic heterocycles. The first-order valence-electron chi connectivity index (χ1n) is 10.5. The Labute approximate surface area is 187 Å². The molecule has 31 heavy (non-hydrogen) atoms. The third-order valence-corrected chi connectivity index (χ3v) is 6.47. The van der Waals surface area contributed by atoms with Crippen molar-refractivity contribution in [1.29, 1.82) is 0 Å². The number of phenols is 1. The zero-order chi connectivity index (χ0) is 22.0. The number of ether oxygens (including phenoxy) is 1. The van der Waals surface area contributed by atoms with Gasteiger partial charge < -0.3 is 14.7 Å². The highest BCUT2D eigenvalue weighted by atomic mass is 32.2. The summed E-state index contributed by atoms with van der Waals surface area (Å²) in [5, 5.41) is 10.7. The van der Waals surface area contributed by atoms with Crippen LogP contribution in [0.5, 0.6) is 5.75 Å². The molecule has 1 amide bonds. The van der Waals surface area contributed by atoms with Gasteiger partial charge >= 0.3 is 0 Å². The van der Waals surface area contributed by atoms with Gasteiger partial charge in [-0.2, -0.15) is 0 Å². The van der Waals surface area contributed by atoms with E-state index in [1.807, 2.05) is 51.1 Å². The minimum absolute atomic E-state index is 0.0421. The first-order valence-corrected chi connectivity index (χ1v) is 11.3. The molecular weight excluding hydrogens is 410 g/mol. The van der Waals surface area contributed by atoms with Gasteiger partial charge in [0.2, 0.25) is 0 Å². The first-order chi connectivity index (χ1) is 15.0. The zero-order valence-electron chi connectivity index (χ0n) is 18.1. The number of likely N-dealkylation sites (N-methyl/N-ethyl adjacent to an activating group) is 1. The molecule has 0 aliphatic carbocycles. The molecule has 7 heteroatoms. The van der Waals surface area contributed by atoms with Gasteiger partial charge in [-0.25, -0.2) is 4.99 Å². The fourth-order valence-corrected chi connectivity index (χ4v) is 4.83. The highest BCUT2D eigenvalue weighted by molar-refractivity contribution is 8.18. The number of carbonyl (C=O) groups excluding carboxylic acids is 1. The van der Waals surface area contributed by atoms with Gasteiger partial charge in [0.1, 0.15) is 5.75 Å². The number of nitrogens with zero attached hydrogens (tertiary/aromatic N) is 3. The fourth-order valence-electron chi connectivity index (χ4n) is 3.76. The van der Waals surface area contributed by atoms with E-state index in [0.717, 1.165) is 54.4 Å². The Morgan fingerprint density at radius 2 is 1.77 bits per heavy atom. The number of phenolic OH excluding ortho intramolecular Hbond substituents is 1. The van der Waals surface area contributed by atoms with E-state index in [1.54, 1.807) is 4.90 Å². The molecule has 2 aromatic carbocycles. The minimum atomic E-state index is -0.0421.